The summed E-state index contributed by atoms with van der Waals surface area (Å²) in [5, 5.41) is 3.71. The van der Waals surface area contributed by atoms with E-state index in [1.165, 1.54) is 17.0 Å². The third kappa shape index (κ3) is 8.81. The number of nitrogens with one attached hydrogen (secondary N) is 1. The summed E-state index contributed by atoms with van der Waals surface area (Å²) in [6.07, 6.45) is 0.988. The van der Waals surface area contributed by atoms with Crippen molar-refractivity contribution in [2.45, 2.75) is 57.1 Å². The van der Waals surface area contributed by atoms with Crippen LogP contribution < -0.4 is 14.4 Å². The van der Waals surface area contributed by atoms with Crippen molar-refractivity contribution in [1.82, 2.24) is 10.2 Å². The lowest BCUT2D eigenvalue weighted by molar-refractivity contribution is -0.140. The van der Waals surface area contributed by atoms with E-state index in [0.717, 1.165) is 4.31 Å². The number of halogens is 2. The molecular weight excluding hydrogens is 645 g/mol. The topological polar surface area (TPSA) is 96.0 Å². The van der Waals surface area contributed by atoms with Crippen LogP contribution in [0.2, 0.25) is 10.0 Å². The van der Waals surface area contributed by atoms with E-state index in [4.69, 9.17) is 27.9 Å². The summed E-state index contributed by atoms with van der Waals surface area (Å²) in [6.45, 7) is 5.02. The Morgan fingerprint density at radius 2 is 1.43 bits per heavy atom. The summed E-state index contributed by atoms with van der Waals surface area (Å²) in [7, 11) is -4.22. The Bertz CT molecular complexity index is 1720. The van der Waals surface area contributed by atoms with Gasteiger partial charge in [0.15, 0.2) is 0 Å². The van der Waals surface area contributed by atoms with Gasteiger partial charge in [-0.15, -0.1) is 0 Å². The fourth-order valence-electron chi connectivity index (χ4n) is 4.75. The monoisotopic (exact) mass is 681 g/mol. The van der Waals surface area contributed by atoms with Crippen molar-refractivity contribution in [1.29, 1.82) is 0 Å². The lowest BCUT2D eigenvalue weighted by atomic mass is 10.1. The van der Waals surface area contributed by atoms with Gasteiger partial charge >= 0.3 is 0 Å². The summed E-state index contributed by atoms with van der Waals surface area (Å²) < 4.78 is 35.1. The smallest absolute Gasteiger partial charge is 0.264 e. The van der Waals surface area contributed by atoms with Crippen molar-refractivity contribution in [3.8, 4) is 11.5 Å². The Morgan fingerprint density at radius 1 is 0.826 bits per heavy atom. The van der Waals surface area contributed by atoms with Gasteiger partial charge in [0.05, 0.1) is 10.6 Å². The second-order valence-corrected chi connectivity index (χ2v) is 13.4. The molecule has 8 nitrogen and oxygen atoms in total. The molecule has 0 saturated carbocycles. The van der Waals surface area contributed by atoms with Crippen LogP contribution in [0, 0.1) is 0 Å². The highest BCUT2D eigenvalue weighted by molar-refractivity contribution is 7.92. The Hall–Kier alpha value is -4.05. The first-order valence-corrected chi connectivity index (χ1v) is 17.2. The molecule has 2 atom stereocenters. The Kier molecular flexibility index (Phi) is 12.1. The van der Waals surface area contributed by atoms with Crippen LogP contribution in [0.5, 0.6) is 11.5 Å². The zero-order valence-electron chi connectivity index (χ0n) is 25.9. The molecule has 0 aliphatic heterocycles. The molecule has 0 radical (unpaired) electrons. The summed E-state index contributed by atoms with van der Waals surface area (Å²) in [5.41, 5.74) is 0.813. The Balaban J connectivity index is 1.73. The molecule has 0 aromatic heterocycles. The van der Waals surface area contributed by atoms with Gasteiger partial charge < -0.3 is 15.0 Å². The fraction of sp³-hybridized carbons (Fsp3) is 0.257. The maximum Gasteiger partial charge on any atom is 0.264 e. The Morgan fingerprint density at radius 3 is 2.02 bits per heavy atom. The maximum atomic E-state index is 14.3. The highest BCUT2D eigenvalue weighted by Gasteiger charge is 2.34. The van der Waals surface area contributed by atoms with Crippen LogP contribution in [0.1, 0.15) is 39.2 Å². The van der Waals surface area contributed by atoms with Crippen LogP contribution in [0.25, 0.3) is 0 Å². The standard InChI is InChI=1S/C35H37Cl2N3O5S/c1-4-25(3)38-35(42)33(5-2)39(23-26-16-17-27(36)22-32(26)37)34(41)24-40(46(43,44)31-14-10-7-11-15-31)28-18-20-30(21-19-28)45-29-12-8-6-9-13-29/h6-22,25,33H,4-5,23-24H2,1-3H3,(H,38,42)/t25-,33-/m1/s1. The first-order valence-electron chi connectivity index (χ1n) is 15.0. The summed E-state index contributed by atoms with van der Waals surface area (Å²) in [5.74, 6) is 0.193. The van der Waals surface area contributed by atoms with Crippen molar-refractivity contribution in [3.63, 3.8) is 0 Å². The van der Waals surface area contributed by atoms with Crippen LogP contribution in [0.3, 0.4) is 0 Å². The van der Waals surface area contributed by atoms with E-state index in [1.807, 2.05) is 44.2 Å². The number of carbonyl (C=O) groups excluding carboxylic acids is 2. The molecule has 11 heteroatoms. The van der Waals surface area contributed by atoms with Crippen LogP contribution in [0.4, 0.5) is 5.69 Å². The Labute approximate surface area is 280 Å². The molecule has 4 rings (SSSR count). The van der Waals surface area contributed by atoms with Gasteiger partial charge in [-0.1, -0.05) is 79.5 Å². The minimum atomic E-state index is -4.22. The zero-order valence-corrected chi connectivity index (χ0v) is 28.2. The van der Waals surface area contributed by atoms with Gasteiger partial charge in [0.25, 0.3) is 10.0 Å². The van der Waals surface area contributed by atoms with Crippen molar-refractivity contribution >= 4 is 50.7 Å². The van der Waals surface area contributed by atoms with E-state index < -0.39 is 28.5 Å². The van der Waals surface area contributed by atoms with E-state index in [1.54, 1.807) is 67.6 Å². The highest BCUT2D eigenvalue weighted by atomic mass is 35.5. The van der Waals surface area contributed by atoms with E-state index in [0.29, 0.717) is 33.5 Å². The molecule has 0 spiro atoms. The largest absolute Gasteiger partial charge is 0.457 e. The maximum absolute atomic E-state index is 14.3. The third-order valence-electron chi connectivity index (χ3n) is 7.46. The highest BCUT2D eigenvalue weighted by Crippen LogP contribution is 2.29. The number of nitrogens with zero attached hydrogens (tertiary/aromatic N) is 2. The minimum absolute atomic E-state index is 0.0151. The number of hydrogen-bond donors (Lipinski definition) is 1. The number of sulfonamides is 1. The predicted molar refractivity (Wildman–Crippen MR) is 183 cm³/mol. The van der Waals surface area contributed by atoms with E-state index in [2.05, 4.69) is 5.32 Å². The molecule has 242 valence electrons. The van der Waals surface area contributed by atoms with E-state index in [9.17, 15) is 18.0 Å². The van der Waals surface area contributed by atoms with Gasteiger partial charge in [-0.25, -0.2) is 8.42 Å². The lowest BCUT2D eigenvalue weighted by Gasteiger charge is -2.34. The molecule has 0 aliphatic carbocycles. The number of anilines is 1. The number of rotatable bonds is 14. The van der Waals surface area contributed by atoms with Crippen molar-refractivity contribution in [2.75, 3.05) is 10.8 Å². The fourth-order valence-corrected chi connectivity index (χ4v) is 6.65. The van der Waals surface area contributed by atoms with Gasteiger partial charge in [-0.3, -0.25) is 13.9 Å². The second kappa shape index (κ2) is 16.0. The first kappa shape index (κ1) is 34.8. The minimum Gasteiger partial charge on any atom is -0.457 e. The molecule has 2 amide bonds. The number of carbonyl (C=O) groups is 2. The summed E-state index contributed by atoms with van der Waals surface area (Å²) in [4.78, 5) is 29.2. The number of amides is 2. The van der Waals surface area contributed by atoms with Crippen LogP contribution >= 0.6 is 23.2 Å². The average Bonchev–Trinajstić information content (AvgIpc) is 3.05. The number of para-hydroxylation sites is 1. The van der Waals surface area contributed by atoms with Gasteiger partial charge in [-0.05, 0) is 86.0 Å². The van der Waals surface area contributed by atoms with Crippen LogP contribution in [0.15, 0.2) is 108 Å². The van der Waals surface area contributed by atoms with Gasteiger partial charge in [-0.2, -0.15) is 0 Å². The van der Waals surface area contributed by atoms with E-state index in [-0.39, 0.29) is 35.5 Å². The average molecular weight is 683 g/mol. The number of hydrogen-bond acceptors (Lipinski definition) is 5. The SMILES string of the molecule is CC[C@@H](C)NC(=O)[C@@H](CC)N(Cc1ccc(Cl)cc1Cl)C(=O)CN(c1ccc(Oc2ccccc2)cc1)S(=O)(=O)c1ccccc1. The molecule has 46 heavy (non-hydrogen) atoms. The molecule has 0 saturated heterocycles. The number of benzene rings is 4. The van der Waals surface area contributed by atoms with E-state index >= 15 is 0 Å². The van der Waals surface area contributed by atoms with Crippen LogP contribution in [-0.2, 0) is 26.2 Å². The lowest BCUT2D eigenvalue weighted by Crippen LogP contribution is -2.53. The number of ether oxygens (including phenoxy) is 1. The molecule has 0 unspecified atom stereocenters. The molecular formula is C35H37Cl2N3O5S. The molecule has 0 heterocycles. The van der Waals surface area contributed by atoms with Crippen molar-refractivity contribution in [2.24, 2.45) is 0 Å². The molecule has 4 aromatic rings. The predicted octanol–water partition coefficient (Wildman–Crippen LogP) is 7.70. The molecule has 0 aliphatic rings. The van der Waals surface area contributed by atoms with Crippen molar-refractivity contribution in [3.05, 3.63) is 119 Å². The first-order chi connectivity index (χ1) is 22.0. The molecule has 0 bridgehead atoms. The third-order valence-corrected chi connectivity index (χ3v) is 9.83. The van der Waals surface area contributed by atoms with Gasteiger partial charge in [0.2, 0.25) is 11.8 Å². The zero-order chi connectivity index (χ0) is 33.3. The second-order valence-electron chi connectivity index (χ2n) is 10.7. The molecule has 4 aromatic carbocycles. The molecule has 0 fully saturated rings. The van der Waals surface area contributed by atoms with Crippen molar-refractivity contribution < 1.29 is 22.7 Å². The van der Waals surface area contributed by atoms with Gasteiger partial charge in [0, 0.05) is 22.6 Å². The molecule has 1 N–H and O–H groups in total. The normalized spacial score (nSPS) is 12.5. The van der Waals surface area contributed by atoms with Crippen LogP contribution in [-0.4, -0.2) is 43.8 Å². The summed E-state index contributed by atoms with van der Waals surface area (Å²) in [6, 6.07) is 27.4. The van der Waals surface area contributed by atoms with Gasteiger partial charge in [0.1, 0.15) is 24.1 Å². The summed E-state index contributed by atoms with van der Waals surface area (Å²) >= 11 is 12.6. The quantitative estimate of drug-likeness (QED) is 0.147.